The molecule has 3 fully saturated rings. The molecular weight excluding hydrogens is 240 g/mol. The molecule has 3 atom stereocenters. The summed E-state index contributed by atoms with van der Waals surface area (Å²) in [7, 11) is 0. The van der Waals surface area contributed by atoms with Crippen LogP contribution in [-0.4, -0.2) is 58.6 Å². The van der Waals surface area contributed by atoms with Crippen molar-refractivity contribution in [2.24, 2.45) is 0 Å². The predicted molar refractivity (Wildman–Crippen MR) is 74.2 cm³/mol. The van der Waals surface area contributed by atoms with Gasteiger partial charge in [-0.25, -0.2) is 0 Å². The second kappa shape index (κ2) is 5.80. The Morgan fingerprint density at radius 1 is 0.895 bits per heavy atom. The second-order valence-electron chi connectivity index (χ2n) is 6.45. The van der Waals surface area contributed by atoms with Crippen molar-refractivity contribution in [3.63, 3.8) is 0 Å². The van der Waals surface area contributed by atoms with E-state index >= 15 is 0 Å². The number of rotatable bonds is 2. The molecular formula is C15H26N2O2. The number of hydrogen-bond donors (Lipinski definition) is 1. The first-order chi connectivity index (χ1) is 9.25. The van der Waals surface area contributed by atoms with E-state index in [2.05, 4.69) is 9.80 Å². The Balaban J connectivity index is 1.69. The minimum absolute atomic E-state index is 0.222. The molecule has 0 spiro atoms. The molecule has 19 heavy (non-hydrogen) atoms. The molecule has 0 amide bonds. The van der Waals surface area contributed by atoms with Crippen LogP contribution in [0.15, 0.2) is 0 Å². The first-order valence-electron chi connectivity index (χ1n) is 7.98. The summed E-state index contributed by atoms with van der Waals surface area (Å²) in [5.74, 6) is -0.601. The highest BCUT2D eigenvalue weighted by Crippen LogP contribution is 2.32. The summed E-state index contributed by atoms with van der Waals surface area (Å²) in [5.41, 5.74) is 0. The van der Waals surface area contributed by atoms with E-state index in [1.165, 1.54) is 51.6 Å². The summed E-state index contributed by atoms with van der Waals surface area (Å²) < 4.78 is 0. The first-order valence-corrected chi connectivity index (χ1v) is 7.98. The number of nitrogens with zero attached hydrogens (tertiary/aromatic N) is 2. The zero-order chi connectivity index (χ0) is 13.2. The Hall–Kier alpha value is -0.610. The van der Waals surface area contributed by atoms with E-state index in [0.717, 1.165) is 25.4 Å². The molecule has 3 rings (SSSR count). The van der Waals surface area contributed by atoms with Crippen molar-refractivity contribution >= 4 is 5.97 Å². The molecule has 1 N–H and O–H groups in total. The van der Waals surface area contributed by atoms with Gasteiger partial charge in [-0.1, -0.05) is 12.8 Å². The van der Waals surface area contributed by atoms with E-state index in [4.69, 9.17) is 0 Å². The lowest BCUT2D eigenvalue weighted by Gasteiger charge is -2.42. The highest BCUT2D eigenvalue weighted by Gasteiger charge is 2.38. The van der Waals surface area contributed by atoms with Crippen molar-refractivity contribution in [1.29, 1.82) is 0 Å². The smallest absolute Gasteiger partial charge is 0.320 e. The van der Waals surface area contributed by atoms with E-state index in [9.17, 15) is 9.90 Å². The molecule has 0 bridgehead atoms. The molecule has 4 heteroatoms. The summed E-state index contributed by atoms with van der Waals surface area (Å²) >= 11 is 0. The minimum atomic E-state index is -0.601. The fraction of sp³-hybridized carbons (Fsp3) is 0.933. The molecule has 3 saturated heterocycles. The number of hydrogen-bond acceptors (Lipinski definition) is 3. The second-order valence-corrected chi connectivity index (χ2v) is 6.45. The lowest BCUT2D eigenvalue weighted by molar-refractivity contribution is -0.145. The van der Waals surface area contributed by atoms with Crippen LogP contribution in [-0.2, 0) is 4.79 Å². The van der Waals surface area contributed by atoms with E-state index in [1.54, 1.807) is 0 Å². The van der Waals surface area contributed by atoms with Crippen molar-refractivity contribution in [2.75, 3.05) is 19.6 Å². The Morgan fingerprint density at radius 3 is 2.63 bits per heavy atom. The van der Waals surface area contributed by atoms with Crippen molar-refractivity contribution in [3.8, 4) is 0 Å². The van der Waals surface area contributed by atoms with Crippen molar-refractivity contribution < 1.29 is 9.90 Å². The van der Waals surface area contributed by atoms with Gasteiger partial charge in [0.2, 0.25) is 0 Å². The van der Waals surface area contributed by atoms with Crippen LogP contribution in [0.25, 0.3) is 0 Å². The average Bonchev–Trinajstić information content (AvgIpc) is 2.72. The van der Waals surface area contributed by atoms with Crippen LogP contribution in [0.5, 0.6) is 0 Å². The zero-order valence-electron chi connectivity index (χ0n) is 11.8. The molecule has 4 nitrogen and oxygen atoms in total. The van der Waals surface area contributed by atoms with Crippen molar-refractivity contribution in [2.45, 2.75) is 69.5 Å². The molecule has 0 aliphatic carbocycles. The van der Waals surface area contributed by atoms with Crippen LogP contribution in [0.1, 0.15) is 51.4 Å². The van der Waals surface area contributed by atoms with Gasteiger partial charge in [0.1, 0.15) is 6.04 Å². The Morgan fingerprint density at radius 2 is 1.79 bits per heavy atom. The van der Waals surface area contributed by atoms with Crippen LogP contribution in [0, 0.1) is 0 Å². The summed E-state index contributed by atoms with van der Waals surface area (Å²) in [6.45, 7) is 3.44. The highest BCUT2D eigenvalue weighted by atomic mass is 16.4. The van der Waals surface area contributed by atoms with E-state index in [0.29, 0.717) is 6.04 Å². The molecule has 0 radical (unpaired) electrons. The summed E-state index contributed by atoms with van der Waals surface area (Å²) in [6.07, 6.45) is 9.32. The van der Waals surface area contributed by atoms with Crippen molar-refractivity contribution in [1.82, 2.24) is 9.80 Å². The predicted octanol–water partition coefficient (Wildman–Crippen LogP) is 1.94. The summed E-state index contributed by atoms with van der Waals surface area (Å²) in [5, 5.41) is 9.50. The van der Waals surface area contributed by atoms with Gasteiger partial charge in [0.05, 0.1) is 0 Å². The summed E-state index contributed by atoms with van der Waals surface area (Å²) in [6, 6.07) is 1.02. The largest absolute Gasteiger partial charge is 0.480 e. The standard InChI is InChI=1S/C15H26N2O2/c18-15(19)14-6-2-1-3-9-17(14)13-7-10-16-8-4-5-12(16)11-13/h12-14H,1-11H2,(H,18,19). The molecule has 0 saturated carbocycles. The number of fused-ring (bicyclic) bond motifs is 1. The van der Waals surface area contributed by atoms with Gasteiger partial charge in [0, 0.05) is 12.1 Å². The van der Waals surface area contributed by atoms with E-state index < -0.39 is 5.97 Å². The number of carboxylic acid groups (broad SMARTS) is 1. The molecule has 3 aliphatic rings. The Labute approximate surface area is 115 Å². The first kappa shape index (κ1) is 13.4. The average molecular weight is 266 g/mol. The number of carboxylic acids is 1. The molecule has 0 aromatic carbocycles. The van der Waals surface area contributed by atoms with Gasteiger partial charge in [0.25, 0.3) is 0 Å². The minimum Gasteiger partial charge on any atom is -0.480 e. The zero-order valence-corrected chi connectivity index (χ0v) is 11.8. The number of aliphatic carboxylic acids is 1. The molecule has 3 unspecified atom stereocenters. The maximum atomic E-state index is 11.5. The number of carbonyl (C=O) groups is 1. The van der Waals surface area contributed by atoms with Gasteiger partial charge >= 0.3 is 5.97 Å². The van der Waals surface area contributed by atoms with Crippen LogP contribution < -0.4 is 0 Å². The lowest BCUT2D eigenvalue weighted by atomic mass is 9.94. The molecule has 3 heterocycles. The number of piperidine rings is 1. The maximum Gasteiger partial charge on any atom is 0.320 e. The van der Waals surface area contributed by atoms with Crippen LogP contribution in [0.4, 0.5) is 0 Å². The van der Waals surface area contributed by atoms with Crippen LogP contribution >= 0.6 is 0 Å². The van der Waals surface area contributed by atoms with Crippen LogP contribution in [0.3, 0.4) is 0 Å². The van der Waals surface area contributed by atoms with Gasteiger partial charge in [-0.2, -0.15) is 0 Å². The third-order valence-corrected chi connectivity index (χ3v) is 5.34. The SMILES string of the molecule is O=C(O)C1CCCCCN1C1CCN2CCCC2C1. The van der Waals surface area contributed by atoms with E-state index in [1.807, 2.05) is 0 Å². The Bertz CT molecular complexity index is 334. The topological polar surface area (TPSA) is 43.8 Å². The Kier molecular flexibility index (Phi) is 4.08. The van der Waals surface area contributed by atoms with Gasteiger partial charge in [-0.15, -0.1) is 0 Å². The third-order valence-electron chi connectivity index (χ3n) is 5.34. The van der Waals surface area contributed by atoms with Gasteiger partial charge < -0.3 is 10.0 Å². The normalized spacial score (nSPS) is 37.8. The van der Waals surface area contributed by atoms with Gasteiger partial charge in [-0.05, 0) is 58.2 Å². The molecule has 0 aromatic heterocycles. The fourth-order valence-electron chi connectivity index (χ4n) is 4.34. The monoisotopic (exact) mass is 266 g/mol. The lowest BCUT2D eigenvalue weighted by Crippen LogP contribution is -2.53. The molecule has 0 aromatic rings. The van der Waals surface area contributed by atoms with Crippen molar-refractivity contribution in [3.05, 3.63) is 0 Å². The summed E-state index contributed by atoms with van der Waals surface area (Å²) in [4.78, 5) is 16.5. The highest BCUT2D eigenvalue weighted by molar-refractivity contribution is 5.73. The fourth-order valence-corrected chi connectivity index (χ4v) is 4.34. The van der Waals surface area contributed by atoms with Gasteiger partial charge in [-0.3, -0.25) is 9.69 Å². The maximum absolute atomic E-state index is 11.5. The molecule has 108 valence electrons. The van der Waals surface area contributed by atoms with Crippen LogP contribution in [0.2, 0.25) is 0 Å². The molecule has 3 aliphatic heterocycles. The number of likely N-dealkylation sites (tertiary alicyclic amines) is 1. The third kappa shape index (κ3) is 2.79. The van der Waals surface area contributed by atoms with Gasteiger partial charge in [0.15, 0.2) is 0 Å². The van der Waals surface area contributed by atoms with E-state index in [-0.39, 0.29) is 6.04 Å². The quantitative estimate of drug-likeness (QED) is 0.829.